The number of nitrogens with one attached hydrogen (secondary N) is 2. The van der Waals surface area contributed by atoms with E-state index in [1.54, 1.807) is 54.6 Å². The fraction of sp³-hybridized carbons (Fsp3) is 0.192. The molecule has 2 amide bonds. The van der Waals surface area contributed by atoms with Gasteiger partial charge in [-0.05, 0) is 53.7 Å². The van der Waals surface area contributed by atoms with Gasteiger partial charge in [0.25, 0.3) is 11.8 Å². The number of amides is 2. The van der Waals surface area contributed by atoms with Crippen molar-refractivity contribution in [2.75, 3.05) is 26.3 Å². The quantitative estimate of drug-likeness (QED) is 0.254. The lowest BCUT2D eigenvalue weighted by Crippen LogP contribution is -2.38. The highest BCUT2D eigenvalue weighted by atomic mass is 35.5. The lowest BCUT2D eigenvalue weighted by molar-refractivity contribution is -0.117. The SMILES string of the molecule is O=C(NCc1cccc(Cl)c1)/C(=C/c1ccc(SC(=S)N2CCOCC2)o1)NC(=O)c1ccccc1. The minimum Gasteiger partial charge on any atom is -0.450 e. The van der Waals surface area contributed by atoms with Crippen LogP contribution in [0.4, 0.5) is 0 Å². The number of carbonyl (C=O) groups is 2. The third-order valence-corrected chi connectivity index (χ3v) is 6.81. The van der Waals surface area contributed by atoms with Crippen LogP contribution >= 0.6 is 35.6 Å². The minimum absolute atomic E-state index is 0.0486. The molecule has 3 aromatic rings. The Hall–Kier alpha value is -3.11. The van der Waals surface area contributed by atoms with Gasteiger partial charge in [0.05, 0.1) is 13.2 Å². The number of halogens is 1. The molecule has 1 aromatic heterocycles. The Morgan fingerprint density at radius 3 is 2.58 bits per heavy atom. The fourth-order valence-corrected chi connectivity index (χ4v) is 4.77. The molecule has 1 saturated heterocycles. The summed E-state index contributed by atoms with van der Waals surface area (Å²) in [4.78, 5) is 27.9. The Bertz CT molecular complexity index is 1260. The zero-order valence-corrected chi connectivity index (χ0v) is 21.6. The Morgan fingerprint density at radius 2 is 1.83 bits per heavy atom. The smallest absolute Gasteiger partial charge is 0.268 e. The van der Waals surface area contributed by atoms with Crippen molar-refractivity contribution in [3.63, 3.8) is 0 Å². The number of hydrogen-bond donors (Lipinski definition) is 2. The van der Waals surface area contributed by atoms with Gasteiger partial charge in [0.1, 0.15) is 15.8 Å². The van der Waals surface area contributed by atoms with Crippen molar-refractivity contribution >= 4 is 57.8 Å². The molecule has 0 atom stereocenters. The summed E-state index contributed by atoms with van der Waals surface area (Å²) in [5.74, 6) is -0.466. The number of ether oxygens (including phenoxy) is 1. The number of nitrogens with zero attached hydrogens (tertiary/aromatic N) is 1. The Morgan fingerprint density at radius 1 is 1.06 bits per heavy atom. The van der Waals surface area contributed by atoms with Crippen molar-refractivity contribution in [3.8, 4) is 0 Å². The van der Waals surface area contributed by atoms with E-state index in [4.69, 9.17) is 33.0 Å². The van der Waals surface area contributed by atoms with Crippen LogP contribution in [0.5, 0.6) is 0 Å². The highest BCUT2D eigenvalue weighted by Crippen LogP contribution is 2.26. The normalized spacial score (nSPS) is 13.8. The summed E-state index contributed by atoms with van der Waals surface area (Å²) in [6.07, 6.45) is 1.50. The molecule has 7 nitrogen and oxygen atoms in total. The van der Waals surface area contributed by atoms with Gasteiger partial charge in [-0.15, -0.1) is 0 Å². The van der Waals surface area contributed by atoms with Gasteiger partial charge in [0, 0.05) is 36.3 Å². The summed E-state index contributed by atoms with van der Waals surface area (Å²) in [6.45, 7) is 3.00. The van der Waals surface area contributed by atoms with Gasteiger partial charge < -0.3 is 24.7 Å². The van der Waals surface area contributed by atoms with E-state index in [1.807, 2.05) is 12.1 Å². The van der Waals surface area contributed by atoms with E-state index in [9.17, 15) is 9.59 Å². The first-order valence-corrected chi connectivity index (χ1v) is 12.8. The number of hydrogen-bond acceptors (Lipinski definition) is 6. The summed E-state index contributed by atoms with van der Waals surface area (Å²) in [5, 5.41) is 6.68. The summed E-state index contributed by atoms with van der Waals surface area (Å²) < 4.78 is 11.9. The molecule has 1 fully saturated rings. The van der Waals surface area contributed by atoms with Crippen molar-refractivity contribution < 1.29 is 18.7 Å². The van der Waals surface area contributed by atoms with Crippen LogP contribution in [-0.2, 0) is 16.1 Å². The van der Waals surface area contributed by atoms with Crippen LogP contribution < -0.4 is 10.6 Å². The maximum Gasteiger partial charge on any atom is 0.268 e. The monoisotopic (exact) mass is 541 g/mol. The van der Waals surface area contributed by atoms with Crippen molar-refractivity contribution in [1.29, 1.82) is 0 Å². The standard InChI is InChI=1S/C26H24ClN3O4S2/c27-20-8-4-5-18(15-20)17-28-25(32)22(29-24(31)19-6-2-1-3-7-19)16-21-9-10-23(34-21)36-26(35)30-11-13-33-14-12-30/h1-10,15-16H,11-14,17H2,(H,28,32)(H,29,31)/b22-16-. The molecule has 0 saturated carbocycles. The zero-order valence-electron chi connectivity index (χ0n) is 19.2. The zero-order chi connectivity index (χ0) is 25.3. The van der Waals surface area contributed by atoms with E-state index >= 15 is 0 Å². The van der Waals surface area contributed by atoms with E-state index in [1.165, 1.54) is 17.8 Å². The second-order valence-corrected chi connectivity index (χ2v) is 9.89. The van der Waals surface area contributed by atoms with Crippen molar-refractivity contribution in [2.24, 2.45) is 0 Å². The third kappa shape index (κ3) is 7.44. The van der Waals surface area contributed by atoms with Crippen LogP contribution in [0.15, 0.2) is 81.9 Å². The second kappa shape index (κ2) is 12.7. The van der Waals surface area contributed by atoms with Crippen LogP contribution in [0.3, 0.4) is 0 Å². The average molecular weight is 542 g/mol. The Kier molecular flexibility index (Phi) is 9.18. The van der Waals surface area contributed by atoms with Crippen LogP contribution in [0.2, 0.25) is 5.02 Å². The first-order chi connectivity index (χ1) is 17.5. The van der Waals surface area contributed by atoms with Crippen LogP contribution in [0.1, 0.15) is 21.7 Å². The lowest BCUT2D eigenvalue weighted by Gasteiger charge is -2.28. The Labute approximate surface area is 223 Å². The van der Waals surface area contributed by atoms with Crippen LogP contribution in [0, 0.1) is 0 Å². The first kappa shape index (κ1) is 26.0. The Balaban J connectivity index is 1.49. The number of thioether (sulfide) groups is 1. The van der Waals surface area contributed by atoms with Crippen LogP contribution in [0.25, 0.3) is 6.08 Å². The molecule has 10 heteroatoms. The van der Waals surface area contributed by atoms with E-state index in [0.29, 0.717) is 39.0 Å². The molecule has 2 aromatic carbocycles. The summed E-state index contributed by atoms with van der Waals surface area (Å²) in [7, 11) is 0. The molecule has 4 rings (SSSR count). The van der Waals surface area contributed by atoms with E-state index in [2.05, 4.69) is 15.5 Å². The van der Waals surface area contributed by atoms with E-state index in [0.717, 1.165) is 18.7 Å². The lowest BCUT2D eigenvalue weighted by atomic mass is 10.2. The number of thiocarbonyl (C=S) groups is 1. The number of rotatable bonds is 7. The summed E-state index contributed by atoms with van der Waals surface area (Å²) in [6, 6.07) is 19.4. The number of furan rings is 1. The van der Waals surface area contributed by atoms with Gasteiger partial charge in [-0.25, -0.2) is 0 Å². The van der Waals surface area contributed by atoms with Gasteiger partial charge in [-0.1, -0.05) is 54.2 Å². The minimum atomic E-state index is -0.464. The average Bonchev–Trinajstić information content (AvgIpc) is 3.34. The molecule has 0 spiro atoms. The maximum absolute atomic E-state index is 13.1. The molecule has 1 aliphatic heterocycles. The van der Waals surface area contributed by atoms with Gasteiger partial charge in [0.15, 0.2) is 5.09 Å². The molecule has 0 radical (unpaired) electrons. The second-order valence-electron chi connectivity index (χ2n) is 7.81. The largest absolute Gasteiger partial charge is 0.450 e. The number of morpholine rings is 1. The fourth-order valence-electron chi connectivity index (χ4n) is 3.37. The summed E-state index contributed by atoms with van der Waals surface area (Å²) >= 11 is 12.9. The van der Waals surface area contributed by atoms with Crippen LogP contribution in [-0.4, -0.2) is 47.3 Å². The number of benzene rings is 2. The molecular formula is C26H24ClN3O4S2. The van der Waals surface area contributed by atoms with Gasteiger partial charge in [-0.3, -0.25) is 9.59 Å². The molecular weight excluding hydrogens is 518 g/mol. The van der Waals surface area contributed by atoms with E-state index in [-0.39, 0.29) is 12.2 Å². The maximum atomic E-state index is 13.1. The van der Waals surface area contributed by atoms with Gasteiger partial charge in [-0.2, -0.15) is 0 Å². The van der Waals surface area contributed by atoms with E-state index < -0.39 is 11.8 Å². The molecule has 36 heavy (non-hydrogen) atoms. The van der Waals surface area contributed by atoms with Crippen molar-refractivity contribution in [2.45, 2.75) is 11.6 Å². The third-order valence-electron chi connectivity index (χ3n) is 5.22. The highest BCUT2D eigenvalue weighted by Gasteiger charge is 2.18. The molecule has 2 N–H and O–H groups in total. The van der Waals surface area contributed by atoms with Gasteiger partial charge in [0.2, 0.25) is 0 Å². The molecule has 186 valence electrons. The topological polar surface area (TPSA) is 83.8 Å². The van der Waals surface area contributed by atoms with Gasteiger partial charge >= 0.3 is 0 Å². The molecule has 0 unspecified atom stereocenters. The molecule has 1 aliphatic rings. The molecule has 0 bridgehead atoms. The predicted molar refractivity (Wildman–Crippen MR) is 145 cm³/mol. The molecule has 0 aliphatic carbocycles. The number of carbonyl (C=O) groups excluding carboxylic acids is 2. The van der Waals surface area contributed by atoms with Crippen molar-refractivity contribution in [3.05, 3.63) is 94.3 Å². The first-order valence-electron chi connectivity index (χ1n) is 11.2. The summed E-state index contributed by atoms with van der Waals surface area (Å²) in [5.41, 5.74) is 1.31. The highest BCUT2D eigenvalue weighted by molar-refractivity contribution is 8.22. The van der Waals surface area contributed by atoms with Crippen molar-refractivity contribution in [1.82, 2.24) is 15.5 Å². The molecule has 2 heterocycles. The predicted octanol–water partition coefficient (Wildman–Crippen LogP) is 4.73.